The Morgan fingerprint density at radius 2 is 2.25 bits per heavy atom. The molecule has 0 saturated carbocycles. The summed E-state index contributed by atoms with van der Waals surface area (Å²) < 4.78 is 0. The number of piperidine rings is 1. The van der Waals surface area contributed by atoms with Gasteiger partial charge in [0.15, 0.2) is 0 Å². The van der Waals surface area contributed by atoms with E-state index in [-0.39, 0.29) is 17.9 Å². The van der Waals surface area contributed by atoms with Gasteiger partial charge in [0.25, 0.3) is 0 Å². The Labute approximate surface area is 94.0 Å². The van der Waals surface area contributed by atoms with Crippen molar-refractivity contribution in [2.45, 2.75) is 31.8 Å². The van der Waals surface area contributed by atoms with Crippen LogP contribution >= 0.6 is 0 Å². The van der Waals surface area contributed by atoms with E-state index in [9.17, 15) is 9.59 Å². The standard InChI is InChI=1S/C10H18N2O4/c1-6-3-2-4-11-8(6)9(14)12-7(5-13)10(15)16/h6-8,11,13H,2-5H2,1H3,(H,12,14)(H,15,16)/t6?,7-,8?/m1/s1. The van der Waals surface area contributed by atoms with Crippen molar-refractivity contribution < 1.29 is 19.8 Å². The largest absolute Gasteiger partial charge is 0.480 e. The van der Waals surface area contributed by atoms with Crippen LogP contribution in [-0.4, -0.2) is 47.3 Å². The lowest BCUT2D eigenvalue weighted by Gasteiger charge is -2.29. The van der Waals surface area contributed by atoms with Crippen LogP contribution in [0.1, 0.15) is 19.8 Å². The summed E-state index contributed by atoms with van der Waals surface area (Å²) in [6.07, 6.45) is 1.97. The molecule has 1 rings (SSSR count). The molecular formula is C10H18N2O4. The number of carboxylic acid groups (broad SMARTS) is 1. The van der Waals surface area contributed by atoms with Crippen LogP contribution < -0.4 is 10.6 Å². The second-order valence-electron chi connectivity index (χ2n) is 4.13. The van der Waals surface area contributed by atoms with Crippen molar-refractivity contribution >= 4 is 11.9 Å². The maximum atomic E-state index is 11.7. The fraction of sp³-hybridized carbons (Fsp3) is 0.800. The van der Waals surface area contributed by atoms with Crippen LogP contribution in [0, 0.1) is 5.92 Å². The summed E-state index contributed by atoms with van der Waals surface area (Å²) in [7, 11) is 0. The molecule has 1 aliphatic heterocycles. The van der Waals surface area contributed by atoms with Gasteiger partial charge in [-0.2, -0.15) is 0 Å². The SMILES string of the molecule is CC1CCCNC1C(=O)N[C@H](CO)C(=O)O. The predicted octanol–water partition coefficient (Wildman–Crippen LogP) is -1.06. The minimum absolute atomic E-state index is 0.182. The maximum Gasteiger partial charge on any atom is 0.328 e. The molecule has 0 aromatic rings. The average molecular weight is 230 g/mol. The minimum Gasteiger partial charge on any atom is -0.480 e. The Balaban J connectivity index is 2.52. The fourth-order valence-corrected chi connectivity index (χ4v) is 1.85. The number of aliphatic hydroxyl groups excluding tert-OH is 1. The van der Waals surface area contributed by atoms with Crippen molar-refractivity contribution in [2.24, 2.45) is 5.92 Å². The van der Waals surface area contributed by atoms with E-state index in [1.807, 2.05) is 6.92 Å². The van der Waals surface area contributed by atoms with E-state index in [0.717, 1.165) is 19.4 Å². The van der Waals surface area contributed by atoms with E-state index < -0.39 is 18.6 Å². The van der Waals surface area contributed by atoms with Crippen LogP contribution in [0.25, 0.3) is 0 Å². The average Bonchev–Trinajstić information content (AvgIpc) is 2.25. The van der Waals surface area contributed by atoms with E-state index in [2.05, 4.69) is 10.6 Å². The molecule has 1 saturated heterocycles. The van der Waals surface area contributed by atoms with Crippen LogP contribution in [0.3, 0.4) is 0 Å². The lowest BCUT2D eigenvalue weighted by molar-refractivity contribution is -0.143. The van der Waals surface area contributed by atoms with Crippen molar-refractivity contribution in [3.63, 3.8) is 0 Å². The van der Waals surface area contributed by atoms with Gasteiger partial charge < -0.3 is 20.8 Å². The summed E-state index contributed by atoms with van der Waals surface area (Å²) in [6.45, 7) is 2.12. The van der Waals surface area contributed by atoms with Crippen LogP contribution in [-0.2, 0) is 9.59 Å². The van der Waals surface area contributed by atoms with E-state index in [4.69, 9.17) is 10.2 Å². The van der Waals surface area contributed by atoms with Crippen molar-refractivity contribution in [1.29, 1.82) is 0 Å². The molecule has 16 heavy (non-hydrogen) atoms. The highest BCUT2D eigenvalue weighted by Gasteiger charge is 2.30. The summed E-state index contributed by atoms with van der Waals surface area (Å²) >= 11 is 0. The number of carbonyl (C=O) groups excluding carboxylic acids is 1. The zero-order chi connectivity index (χ0) is 12.1. The monoisotopic (exact) mass is 230 g/mol. The normalized spacial score (nSPS) is 27.1. The van der Waals surface area contributed by atoms with E-state index in [1.54, 1.807) is 0 Å². The number of aliphatic carboxylic acids is 1. The van der Waals surface area contributed by atoms with Crippen molar-refractivity contribution in [3.05, 3.63) is 0 Å². The van der Waals surface area contributed by atoms with E-state index in [0.29, 0.717) is 0 Å². The lowest BCUT2D eigenvalue weighted by atomic mass is 9.92. The molecule has 1 fully saturated rings. The molecule has 0 aromatic carbocycles. The summed E-state index contributed by atoms with van der Waals surface area (Å²) in [6, 6.07) is -1.58. The van der Waals surface area contributed by atoms with Gasteiger partial charge in [-0.1, -0.05) is 6.92 Å². The molecule has 1 heterocycles. The van der Waals surface area contributed by atoms with Gasteiger partial charge in [0.1, 0.15) is 6.04 Å². The Morgan fingerprint density at radius 3 is 2.75 bits per heavy atom. The molecule has 2 unspecified atom stereocenters. The quantitative estimate of drug-likeness (QED) is 0.493. The third-order valence-electron chi connectivity index (χ3n) is 2.85. The Morgan fingerprint density at radius 1 is 1.56 bits per heavy atom. The van der Waals surface area contributed by atoms with Gasteiger partial charge in [-0.15, -0.1) is 0 Å². The predicted molar refractivity (Wildman–Crippen MR) is 56.8 cm³/mol. The molecular weight excluding hydrogens is 212 g/mol. The van der Waals surface area contributed by atoms with Gasteiger partial charge >= 0.3 is 5.97 Å². The Kier molecular flexibility index (Phi) is 4.70. The van der Waals surface area contributed by atoms with Crippen molar-refractivity contribution in [2.75, 3.05) is 13.2 Å². The first-order valence-electron chi connectivity index (χ1n) is 5.43. The highest BCUT2D eigenvalue weighted by Crippen LogP contribution is 2.15. The first-order chi connectivity index (χ1) is 7.56. The summed E-state index contributed by atoms with van der Waals surface area (Å²) in [5.41, 5.74) is 0. The van der Waals surface area contributed by atoms with Crippen molar-refractivity contribution in [1.82, 2.24) is 10.6 Å². The molecule has 0 bridgehead atoms. The number of aliphatic hydroxyl groups is 1. The number of hydrogen-bond donors (Lipinski definition) is 4. The number of hydrogen-bond acceptors (Lipinski definition) is 4. The molecule has 6 nitrogen and oxygen atoms in total. The smallest absolute Gasteiger partial charge is 0.328 e. The van der Waals surface area contributed by atoms with E-state index >= 15 is 0 Å². The first-order valence-corrected chi connectivity index (χ1v) is 5.43. The molecule has 6 heteroatoms. The second kappa shape index (κ2) is 5.81. The molecule has 1 aliphatic rings. The third-order valence-corrected chi connectivity index (χ3v) is 2.85. The molecule has 0 aromatic heterocycles. The lowest BCUT2D eigenvalue weighted by Crippen LogP contribution is -2.55. The highest BCUT2D eigenvalue weighted by atomic mass is 16.4. The Bertz CT molecular complexity index is 270. The van der Waals surface area contributed by atoms with E-state index in [1.165, 1.54) is 0 Å². The molecule has 1 amide bonds. The van der Waals surface area contributed by atoms with Crippen molar-refractivity contribution in [3.8, 4) is 0 Å². The number of carbonyl (C=O) groups is 2. The molecule has 92 valence electrons. The minimum atomic E-state index is -1.22. The van der Waals surface area contributed by atoms with Gasteiger partial charge in [-0.25, -0.2) is 4.79 Å². The molecule has 0 aliphatic carbocycles. The van der Waals surface area contributed by atoms with Crippen LogP contribution in [0.4, 0.5) is 0 Å². The maximum absolute atomic E-state index is 11.7. The summed E-state index contributed by atoms with van der Waals surface area (Å²) in [5.74, 6) is -1.39. The fourth-order valence-electron chi connectivity index (χ4n) is 1.85. The zero-order valence-electron chi connectivity index (χ0n) is 9.27. The molecule has 0 spiro atoms. The Hall–Kier alpha value is -1.14. The molecule has 4 N–H and O–H groups in total. The molecule has 3 atom stereocenters. The topological polar surface area (TPSA) is 98.7 Å². The first kappa shape index (κ1) is 12.9. The van der Waals surface area contributed by atoms with Gasteiger partial charge in [0.2, 0.25) is 5.91 Å². The summed E-state index contributed by atoms with van der Waals surface area (Å²) in [5, 5.41) is 22.9. The third kappa shape index (κ3) is 3.18. The molecule has 0 radical (unpaired) electrons. The number of rotatable bonds is 4. The van der Waals surface area contributed by atoms with Crippen LogP contribution in [0.5, 0.6) is 0 Å². The van der Waals surface area contributed by atoms with Gasteiger partial charge in [0, 0.05) is 0 Å². The second-order valence-corrected chi connectivity index (χ2v) is 4.13. The number of nitrogens with one attached hydrogen (secondary N) is 2. The number of carboxylic acids is 1. The van der Waals surface area contributed by atoms with Crippen LogP contribution in [0.2, 0.25) is 0 Å². The zero-order valence-corrected chi connectivity index (χ0v) is 9.27. The highest BCUT2D eigenvalue weighted by molar-refractivity contribution is 5.87. The van der Waals surface area contributed by atoms with Gasteiger partial charge in [-0.3, -0.25) is 4.79 Å². The van der Waals surface area contributed by atoms with Crippen LogP contribution in [0.15, 0.2) is 0 Å². The number of amides is 1. The van der Waals surface area contributed by atoms with Gasteiger partial charge in [0.05, 0.1) is 12.6 Å². The van der Waals surface area contributed by atoms with Gasteiger partial charge in [-0.05, 0) is 25.3 Å². The summed E-state index contributed by atoms with van der Waals surface area (Å²) in [4.78, 5) is 22.4.